The number of nitrogens with one attached hydrogen (secondary N) is 1. The maximum Gasteiger partial charge on any atom is 0.261 e. The van der Waals surface area contributed by atoms with Gasteiger partial charge in [0.05, 0.1) is 5.02 Å². The van der Waals surface area contributed by atoms with Gasteiger partial charge in [-0.1, -0.05) is 48.0 Å². The van der Waals surface area contributed by atoms with Crippen LogP contribution in [0.15, 0.2) is 48.5 Å². The zero-order valence-corrected chi connectivity index (χ0v) is 15.8. The first-order valence-electron chi connectivity index (χ1n) is 9.11. The Labute approximate surface area is 160 Å². The predicted molar refractivity (Wildman–Crippen MR) is 104 cm³/mol. The lowest BCUT2D eigenvalue weighted by Gasteiger charge is -2.19. The van der Waals surface area contributed by atoms with Crippen LogP contribution in [0, 0.1) is 0 Å². The molecule has 1 fully saturated rings. The van der Waals surface area contributed by atoms with Crippen molar-refractivity contribution in [2.75, 3.05) is 13.1 Å². The van der Waals surface area contributed by atoms with Gasteiger partial charge in [-0.3, -0.25) is 9.69 Å². The Hall–Kier alpha value is -2.04. The second-order valence-corrected chi connectivity index (χ2v) is 7.07. The molecule has 1 amide bonds. The third kappa shape index (κ3) is 4.99. The van der Waals surface area contributed by atoms with Crippen LogP contribution in [-0.4, -0.2) is 30.0 Å². The Balaban J connectivity index is 1.56. The van der Waals surface area contributed by atoms with E-state index >= 15 is 0 Å². The van der Waals surface area contributed by atoms with Crippen LogP contribution in [0.2, 0.25) is 5.02 Å². The average molecular weight is 373 g/mol. The first-order chi connectivity index (χ1) is 12.6. The van der Waals surface area contributed by atoms with Crippen molar-refractivity contribution in [3.05, 3.63) is 64.7 Å². The predicted octanol–water partition coefficient (Wildman–Crippen LogP) is 4.02. The van der Waals surface area contributed by atoms with Crippen LogP contribution in [0.3, 0.4) is 0 Å². The monoisotopic (exact) mass is 372 g/mol. The maximum atomic E-state index is 12.4. The molecular formula is C21H25ClN2O2. The molecule has 0 bridgehead atoms. The summed E-state index contributed by atoms with van der Waals surface area (Å²) in [5, 5.41) is 3.48. The number of para-hydroxylation sites is 1. The first-order valence-corrected chi connectivity index (χ1v) is 9.49. The van der Waals surface area contributed by atoms with Gasteiger partial charge in [0.1, 0.15) is 5.75 Å². The molecule has 138 valence electrons. The largest absolute Gasteiger partial charge is 0.479 e. The van der Waals surface area contributed by atoms with Crippen molar-refractivity contribution >= 4 is 17.5 Å². The summed E-state index contributed by atoms with van der Waals surface area (Å²) < 4.78 is 5.68. The number of hydrogen-bond acceptors (Lipinski definition) is 3. The SMILES string of the molecule is C[C@H](Oc1ccccc1Cl)C(=O)NCc1ccccc1CN1CCCC1. The molecule has 0 spiro atoms. The van der Waals surface area contributed by atoms with Crippen molar-refractivity contribution in [3.8, 4) is 5.75 Å². The molecule has 1 atom stereocenters. The Morgan fingerprint density at radius 3 is 2.50 bits per heavy atom. The standard InChI is InChI=1S/C21H25ClN2O2/c1-16(26-20-11-5-4-10-19(20)22)21(25)23-14-17-8-2-3-9-18(17)15-24-12-6-7-13-24/h2-5,8-11,16H,6-7,12-15H2,1H3,(H,23,25)/t16-/m0/s1. The normalized spacial score (nSPS) is 15.6. The fraction of sp³-hybridized carbons (Fsp3) is 0.381. The second-order valence-electron chi connectivity index (χ2n) is 6.66. The van der Waals surface area contributed by atoms with Gasteiger partial charge in [0.2, 0.25) is 0 Å². The molecule has 0 unspecified atom stereocenters. The summed E-state index contributed by atoms with van der Waals surface area (Å²) in [4.78, 5) is 14.9. The number of likely N-dealkylation sites (tertiary alicyclic amines) is 1. The lowest BCUT2D eigenvalue weighted by molar-refractivity contribution is -0.127. The van der Waals surface area contributed by atoms with E-state index in [0.717, 1.165) is 25.2 Å². The molecule has 4 nitrogen and oxygen atoms in total. The maximum absolute atomic E-state index is 12.4. The zero-order valence-electron chi connectivity index (χ0n) is 15.1. The van der Waals surface area contributed by atoms with Crippen LogP contribution < -0.4 is 10.1 Å². The summed E-state index contributed by atoms with van der Waals surface area (Å²) in [7, 11) is 0. The molecule has 2 aromatic rings. The molecule has 0 saturated carbocycles. The minimum Gasteiger partial charge on any atom is -0.479 e. The van der Waals surface area contributed by atoms with Crippen molar-refractivity contribution in [3.63, 3.8) is 0 Å². The summed E-state index contributed by atoms with van der Waals surface area (Å²) in [6, 6.07) is 15.5. The fourth-order valence-electron chi connectivity index (χ4n) is 3.18. The highest BCUT2D eigenvalue weighted by Gasteiger charge is 2.17. The second kappa shape index (κ2) is 9.06. The zero-order chi connectivity index (χ0) is 18.4. The van der Waals surface area contributed by atoms with Gasteiger partial charge >= 0.3 is 0 Å². The molecule has 0 aromatic heterocycles. The molecule has 1 saturated heterocycles. The summed E-state index contributed by atoms with van der Waals surface area (Å²) in [6.07, 6.45) is 1.94. The first kappa shape index (κ1) is 18.7. The van der Waals surface area contributed by atoms with Crippen LogP contribution >= 0.6 is 11.6 Å². The van der Waals surface area contributed by atoms with Crippen LogP contribution in [0.4, 0.5) is 0 Å². The summed E-state index contributed by atoms with van der Waals surface area (Å²) in [5.74, 6) is 0.368. The Morgan fingerprint density at radius 1 is 1.12 bits per heavy atom. The van der Waals surface area contributed by atoms with Gasteiger partial charge in [-0.25, -0.2) is 0 Å². The number of benzene rings is 2. The number of ether oxygens (including phenoxy) is 1. The van der Waals surface area contributed by atoms with Crippen LogP contribution in [0.25, 0.3) is 0 Å². The molecule has 26 heavy (non-hydrogen) atoms. The molecule has 2 aromatic carbocycles. The van der Waals surface area contributed by atoms with E-state index in [9.17, 15) is 4.79 Å². The third-order valence-corrected chi connectivity index (χ3v) is 4.99. The Kier molecular flexibility index (Phi) is 6.53. The highest BCUT2D eigenvalue weighted by Crippen LogP contribution is 2.24. The highest BCUT2D eigenvalue weighted by atomic mass is 35.5. The van der Waals surface area contributed by atoms with E-state index in [1.165, 1.54) is 18.4 Å². The van der Waals surface area contributed by atoms with Crippen LogP contribution in [0.1, 0.15) is 30.9 Å². The number of halogens is 1. The number of rotatable bonds is 7. The van der Waals surface area contributed by atoms with Crippen molar-refractivity contribution in [1.82, 2.24) is 10.2 Å². The van der Waals surface area contributed by atoms with E-state index in [2.05, 4.69) is 28.4 Å². The molecule has 1 heterocycles. The van der Waals surface area contributed by atoms with E-state index in [0.29, 0.717) is 17.3 Å². The topological polar surface area (TPSA) is 41.6 Å². The van der Waals surface area contributed by atoms with Crippen molar-refractivity contribution in [2.45, 2.75) is 39.0 Å². The number of amides is 1. The van der Waals surface area contributed by atoms with Crippen molar-refractivity contribution in [1.29, 1.82) is 0 Å². The number of carbonyl (C=O) groups is 1. The van der Waals surface area contributed by atoms with E-state index in [4.69, 9.17) is 16.3 Å². The molecule has 0 aliphatic carbocycles. The van der Waals surface area contributed by atoms with Gasteiger partial charge in [-0.15, -0.1) is 0 Å². The molecular weight excluding hydrogens is 348 g/mol. The lowest BCUT2D eigenvalue weighted by atomic mass is 10.1. The number of nitrogens with zero attached hydrogens (tertiary/aromatic N) is 1. The summed E-state index contributed by atoms with van der Waals surface area (Å²) >= 11 is 6.09. The molecule has 1 aliphatic heterocycles. The van der Waals surface area contributed by atoms with Gasteiger partial charge in [-0.2, -0.15) is 0 Å². The molecule has 1 aliphatic rings. The van der Waals surface area contributed by atoms with E-state index in [1.54, 1.807) is 19.1 Å². The van der Waals surface area contributed by atoms with E-state index < -0.39 is 6.10 Å². The molecule has 5 heteroatoms. The molecule has 3 rings (SSSR count). The lowest BCUT2D eigenvalue weighted by Crippen LogP contribution is -2.36. The van der Waals surface area contributed by atoms with Gasteiger partial charge < -0.3 is 10.1 Å². The molecule has 0 radical (unpaired) electrons. The van der Waals surface area contributed by atoms with Gasteiger partial charge in [0, 0.05) is 13.1 Å². The van der Waals surface area contributed by atoms with Crippen LogP contribution in [-0.2, 0) is 17.9 Å². The van der Waals surface area contributed by atoms with Crippen molar-refractivity contribution in [2.24, 2.45) is 0 Å². The minimum absolute atomic E-state index is 0.152. The minimum atomic E-state index is -0.611. The van der Waals surface area contributed by atoms with Gasteiger partial charge in [0.25, 0.3) is 5.91 Å². The number of carbonyl (C=O) groups excluding carboxylic acids is 1. The number of hydrogen-bond donors (Lipinski definition) is 1. The Morgan fingerprint density at radius 2 is 1.77 bits per heavy atom. The van der Waals surface area contributed by atoms with Crippen LogP contribution in [0.5, 0.6) is 5.75 Å². The summed E-state index contributed by atoms with van der Waals surface area (Å²) in [5.41, 5.74) is 2.42. The van der Waals surface area contributed by atoms with Gasteiger partial charge in [-0.05, 0) is 56.1 Å². The highest BCUT2D eigenvalue weighted by molar-refractivity contribution is 6.32. The quantitative estimate of drug-likeness (QED) is 0.798. The van der Waals surface area contributed by atoms with Crippen molar-refractivity contribution < 1.29 is 9.53 Å². The molecule has 1 N–H and O–H groups in total. The van der Waals surface area contributed by atoms with Gasteiger partial charge in [0.15, 0.2) is 6.10 Å². The average Bonchev–Trinajstić information content (AvgIpc) is 3.15. The van der Waals surface area contributed by atoms with E-state index in [-0.39, 0.29) is 5.91 Å². The Bertz CT molecular complexity index is 744. The third-order valence-electron chi connectivity index (χ3n) is 4.67. The van der Waals surface area contributed by atoms with E-state index in [1.807, 2.05) is 18.2 Å². The smallest absolute Gasteiger partial charge is 0.261 e. The fourth-order valence-corrected chi connectivity index (χ4v) is 3.36. The summed E-state index contributed by atoms with van der Waals surface area (Å²) in [6.45, 7) is 5.48.